The molecule has 5 heterocycles. The van der Waals surface area contributed by atoms with Crippen LogP contribution in [0.15, 0.2) is 70.0 Å². The Hall–Kier alpha value is -6.90. The second kappa shape index (κ2) is 12.8. The van der Waals surface area contributed by atoms with Gasteiger partial charge in [-0.1, -0.05) is 0 Å². The van der Waals surface area contributed by atoms with Crippen molar-refractivity contribution in [2.75, 3.05) is 34.5 Å². The zero-order valence-corrected chi connectivity index (χ0v) is 28.1. The van der Waals surface area contributed by atoms with Gasteiger partial charge in [0, 0.05) is 24.2 Å². The Kier molecular flexibility index (Phi) is 7.93. The van der Waals surface area contributed by atoms with Crippen LogP contribution in [0.4, 0.5) is 0 Å². The molecule has 1 N–H and O–H groups in total. The lowest BCUT2D eigenvalue weighted by molar-refractivity contribution is 0.0592. The molecule has 0 aliphatic carbocycles. The molecule has 0 amide bonds. The van der Waals surface area contributed by atoms with Crippen molar-refractivity contribution in [1.29, 1.82) is 0 Å². The maximum atomic E-state index is 13.3. The summed E-state index contributed by atoms with van der Waals surface area (Å²) < 4.78 is 37.4. The number of aldehydes is 1. The molecule has 0 spiro atoms. The van der Waals surface area contributed by atoms with E-state index in [1.165, 1.54) is 21.3 Å². The summed E-state index contributed by atoms with van der Waals surface area (Å²) in [6.07, 6.45) is 0.688. The number of ether oxygens (including phenoxy) is 5. The standard InChI is InChI=1S/C37H29N5O10/c1-47-31-19(18-43)4-10-27-29(31)38-33-22-7-5-21(17-26(22)37(46)49-3)51-15-14-50-20-6-8-23(36(45)48-2)25(16-20)34-39-30-28(42(34)13-12-41(27)33)11-9-24-32(30)52-40-35(24)44/h4-11,16-18H,12-15H2,1-3H3,(H,40,44). The molecule has 4 aromatic carbocycles. The van der Waals surface area contributed by atoms with Crippen LogP contribution in [0.3, 0.4) is 0 Å². The largest absolute Gasteiger partial charge is 0.494 e. The van der Waals surface area contributed by atoms with Crippen LogP contribution in [-0.2, 0) is 22.6 Å². The van der Waals surface area contributed by atoms with Crippen LogP contribution in [0, 0.1) is 0 Å². The number of aromatic nitrogens is 5. The highest BCUT2D eigenvalue weighted by Crippen LogP contribution is 2.37. The molecular weight excluding hydrogens is 674 g/mol. The first-order valence-electron chi connectivity index (χ1n) is 16.1. The Bertz CT molecular complexity index is 2650. The highest BCUT2D eigenvalue weighted by Gasteiger charge is 2.26. The van der Waals surface area contributed by atoms with E-state index >= 15 is 0 Å². The van der Waals surface area contributed by atoms with E-state index in [2.05, 4.69) is 5.16 Å². The topological polar surface area (TPSA) is 179 Å². The number of rotatable bonds is 4. The molecular formula is C37H29N5O10. The molecule has 52 heavy (non-hydrogen) atoms. The van der Waals surface area contributed by atoms with Crippen LogP contribution in [-0.4, -0.2) is 77.0 Å². The van der Waals surface area contributed by atoms with Crippen LogP contribution in [0.5, 0.6) is 17.2 Å². The highest BCUT2D eigenvalue weighted by molar-refractivity contribution is 6.04. The van der Waals surface area contributed by atoms with Crippen molar-refractivity contribution in [2.24, 2.45) is 0 Å². The number of methoxy groups -OCH3 is 3. The van der Waals surface area contributed by atoms with Crippen LogP contribution >= 0.6 is 0 Å². The van der Waals surface area contributed by atoms with Crippen LogP contribution < -0.4 is 19.8 Å². The zero-order chi connectivity index (χ0) is 36.1. The predicted octanol–water partition coefficient (Wildman–Crippen LogP) is 5.02. The van der Waals surface area contributed by atoms with E-state index in [0.29, 0.717) is 73.6 Å². The van der Waals surface area contributed by atoms with Crippen molar-refractivity contribution in [3.8, 4) is 40.0 Å². The maximum Gasteiger partial charge on any atom is 0.338 e. The Morgan fingerprint density at radius 2 is 1.40 bits per heavy atom. The molecule has 15 heteroatoms. The summed E-state index contributed by atoms with van der Waals surface area (Å²) >= 11 is 0. The Balaban J connectivity index is 1.42. The van der Waals surface area contributed by atoms with Crippen molar-refractivity contribution in [1.82, 2.24) is 24.3 Å². The minimum atomic E-state index is -0.611. The molecule has 3 aromatic heterocycles. The number of esters is 2. The number of H-pyrrole nitrogens is 1. The molecule has 0 atom stereocenters. The quantitative estimate of drug-likeness (QED) is 0.191. The molecule has 0 radical (unpaired) electrons. The first-order valence-corrected chi connectivity index (χ1v) is 16.1. The van der Waals surface area contributed by atoms with Crippen molar-refractivity contribution in [2.45, 2.75) is 13.1 Å². The van der Waals surface area contributed by atoms with Crippen LogP contribution in [0.1, 0.15) is 31.1 Å². The lowest BCUT2D eigenvalue weighted by atomic mass is 10.1. The number of fused-ring (bicyclic) bond motifs is 10. The monoisotopic (exact) mass is 703 g/mol. The van der Waals surface area contributed by atoms with E-state index < -0.39 is 17.5 Å². The molecule has 7 aromatic rings. The summed E-state index contributed by atoms with van der Waals surface area (Å²) in [4.78, 5) is 60.9. The van der Waals surface area contributed by atoms with Gasteiger partial charge in [0.15, 0.2) is 17.6 Å². The number of hydrogen-bond acceptors (Lipinski definition) is 12. The molecule has 9 rings (SSSR count). The van der Waals surface area contributed by atoms with E-state index in [4.69, 9.17) is 38.2 Å². The second-order valence-corrected chi connectivity index (χ2v) is 11.8. The number of benzene rings is 4. The number of carbonyl (C=O) groups excluding carboxylic acids is 3. The highest BCUT2D eigenvalue weighted by atomic mass is 16.5. The first-order chi connectivity index (χ1) is 25.3. The van der Waals surface area contributed by atoms with E-state index in [-0.39, 0.29) is 48.8 Å². The molecule has 0 fully saturated rings. The number of hydrogen-bond donors (Lipinski definition) is 1. The third-order valence-electron chi connectivity index (χ3n) is 9.04. The summed E-state index contributed by atoms with van der Waals surface area (Å²) in [6.45, 7) is 0.683. The lowest BCUT2D eigenvalue weighted by Gasteiger charge is -2.16. The smallest absolute Gasteiger partial charge is 0.338 e. The van der Waals surface area contributed by atoms with E-state index in [9.17, 15) is 19.2 Å². The average molecular weight is 704 g/mol. The Morgan fingerprint density at radius 1 is 0.769 bits per heavy atom. The predicted molar refractivity (Wildman–Crippen MR) is 186 cm³/mol. The van der Waals surface area contributed by atoms with E-state index in [0.717, 1.165) is 0 Å². The van der Waals surface area contributed by atoms with Gasteiger partial charge < -0.3 is 37.3 Å². The fourth-order valence-electron chi connectivity index (χ4n) is 6.65. The number of nitrogens with one attached hydrogen (secondary N) is 1. The molecule has 4 bridgehead atoms. The summed E-state index contributed by atoms with van der Waals surface area (Å²) in [5, 5.41) is 2.69. The molecule has 262 valence electrons. The van der Waals surface area contributed by atoms with Gasteiger partial charge in [0.25, 0.3) is 5.56 Å². The number of aromatic amines is 1. The molecule has 0 saturated heterocycles. The second-order valence-electron chi connectivity index (χ2n) is 11.8. The van der Waals surface area contributed by atoms with Crippen molar-refractivity contribution in [3.63, 3.8) is 0 Å². The van der Waals surface area contributed by atoms with E-state index in [1.54, 1.807) is 60.7 Å². The van der Waals surface area contributed by atoms with Crippen LogP contribution in [0.2, 0.25) is 0 Å². The number of carbonyl (C=O) groups is 3. The molecule has 2 aliphatic heterocycles. The third kappa shape index (κ3) is 5.12. The van der Waals surface area contributed by atoms with Crippen molar-refractivity contribution in [3.05, 3.63) is 87.7 Å². The normalized spacial score (nSPS) is 12.8. The summed E-state index contributed by atoms with van der Waals surface area (Å²) in [5.41, 5.74) is 3.41. The first kappa shape index (κ1) is 32.3. The van der Waals surface area contributed by atoms with Gasteiger partial charge in [0.05, 0.1) is 54.4 Å². The van der Waals surface area contributed by atoms with Gasteiger partial charge in [-0.3, -0.25) is 9.59 Å². The van der Waals surface area contributed by atoms with Gasteiger partial charge in [-0.25, -0.2) is 19.6 Å². The Morgan fingerprint density at radius 3 is 2.12 bits per heavy atom. The van der Waals surface area contributed by atoms with Gasteiger partial charge in [-0.05, 0) is 60.7 Å². The fraction of sp³-hybridized carbons (Fsp3) is 0.189. The summed E-state index contributed by atoms with van der Waals surface area (Å²) in [6, 6.07) is 16.8. The SMILES string of the molecule is COC(=O)c1cc2ccc1-c1nc3c(OC)c(C=O)ccc3n1CCn1c(nc3c4o[nH]c(=O)c4ccc31)-c1cc(ccc1C(=O)OC)OCCO2. The fourth-order valence-corrected chi connectivity index (χ4v) is 6.65. The Labute approximate surface area is 293 Å². The number of nitrogens with zero attached hydrogens (tertiary/aromatic N) is 4. The molecule has 15 nitrogen and oxygen atoms in total. The van der Waals surface area contributed by atoms with Gasteiger partial charge in [-0.2, -0.15) is 5.16 Å². The summed E-state index contributed by atoms with van der Waals surface area (Å²) in [7, 11) is 4.04. The molecule has 2 aliphatic rings. The van der Waals surface area contributed by atoms with Gasteiger partial charge in [0.2, 0.25) is 0 Å². The average Bonchev–Trinajstić information content (AvgIpc) is 3.86. The maximum absolute atomic E-state index is 13.3. The van der Waals surface area contributed by atoms with Crippen molar-refractivity contribution >= 4 is 51.3 Å². The van der Waals surface area contributed by atoms with Crippen molar-refractivity contribution < 1.29 is 42.6 Å². The minimum Gasteiger partial charge on any atom is -0.494 e. The van der Waals surface area contributed by atoms with Gasteiger partial charge in [-0.15, -0.1) is 0 Å². The number of aryl methyl sites for hydroxylation is 2. The summed E-state index contributed by atoms with van der Waals surface area (Å²) in [5.74, 6) is 0.649. The lowest BCUT2D eigenvalue weighted by Crippen LogP contribution is -2.13. The molecule has 0 unspecified atom stereocenters. The number of imidazole rings is 2. The van der Waals surface area contributed by atoms with Gasteiger partial charge >= 0.3 is 11.9 Å². The van der Waals surface area contributed by atoms with E-state index in [1.807, 2.05) is 9.13 Å². The zero-order valence-electron chi connectivity index (χ0n) is 28.1. The third-order valence-corrected chi connectivity index (χ3v) is 9.04. The van der Waals surface area contributed by atoms with Gasteiger partial charge in [0.1, 0.15) is 47.4 Å². The minimum absolute atomic E-state index is 0.112. The molecule has 0 saturated carbocycles. The van der Waals surface area contributed by atoms with Crippen LogP contribution in [0.25, 0.3) is 55.8 Å².